The number of Topliss-reactive ketones (excluding diaryl/α,β-unsaturated/α-hetero) is 1. The molecule has 7 nitrogen and oxygen atoms in total. The lowest BCUT2D eigenvalue weighted by atomic mass is 9.93. The van der Waals surface area contributed by atoms with E-state index >= 15 is 0 Å². The third kappa shape index (κ3) is 5.18. The van der Waals surface area contributed by atoms with Crippen molar-refractivity contribution < 1.29 is 22.7 Å². The molecule has 0 saturated heterocycles. The van der Waals surface area contributed by atoms with E-state index in [1.807, 2.05) is 50.6 Å². The van der Waals surface area contributed by atoms with Gasteiger partial charge in [0.25, 0.3) is 10.0 Å². The second kappa shape index (κ2) is 9.30. The molecule has 0 aromatic heterocycles. The molecule has 0 fully saturated rings. The first-order chi connectivity index (χ1) is 14.0. The van der Waals surface area contributed by atoms with Gasteiger partial charge in [-0.2, -0.15) is 0 Å². The van der Waals surface area contributed by atoms with Crippen molar-refractivity contribution in [1.29, 1.82) is 0 Å². The van der Waals surface area contributed by atoms with Crippen LogP contribution in [0.1, 0.15) is 67.9 Å². The molecule has 30 heavy (non-hydrogen) atoms. The van der Waals surface area contributed by atoms with Gasteiger partial charge >= 0.3 is 6.03 Å². The molecule has 0 heterocycles. The van der Waals surface area contributed by atoms with Gasteiger partial charge < -0.3 is 10.1 Å². The zero-order valence-electron chi connectivity index (χ0n) is 18.1. The molecule has 0 aliphatic carbocycles. The average molecular weight is 433 g/mol. The zero-order chi connectivity index (χ0) is 22.6. The number of ketones is 1. The van der Waals surface area contributed by atoms with E-state index in [-0.39, 0.29) is 33.8 Å². The van der Waals surface area contributed by atoms with E-state index in [2.05, 4.69) is 5.32 Å². The van der Waals surface area contributed by atoms with Crippen LogP contribution in [0.15, 0.2) is 41.3 Å². The van der Waals surface area contributed by atoms with Crippen LogP contribution >= 0.6 is 0 Å². The Kier molecular flexibility index (Phi) is 7.25. The molecule has 2 amide bonds. The fourth-order valence-corrected chi connectivity index (χ4v) is 4.08. The Bertz CT molecular complexity index is 1030. The number of amides is 2. The summed E-state index contributed by atoms with van der Waals surface area (Å²) >= 11 is 0. The van der Waals surface area contributed by atoms with Crippen LogP contribution in [0.25, 0.3) is 0 Å². The maximum absolute atomic E-state index is 12.7. The Balaban J connectivity index is 2.35. The van der Waals surface area contributed by atoms with Crippen molar-refractivity contribution in [3.63, 3.8) is 0 Å². The number of hydrogen-bond acceptors (Lipinski definition) is 5. The Hall–Kier alpha value is -2.87. The number of hydrogen-bond donors (Lipinski definition) is 2. The van der Waals surface area contributed by atoms with Crippen LogP contribution in [-0.4, -0.2) is 27.3 Å². The number of nitrogens with one attached hydrogen (secondary N) is 2. The molecule has 162 valence electrons. The van der Waals surface area contributed by atoms with Crippen LogP contribution in [0.2, 0.25) is 0 Å². The predicted molar refractivity (Wildman–Crippen MR) is 117 cm³/mol. The lowest BCUT2D eigenvalue weighted by Gasteiger charge is -2.20. The van der Waals surface area contributed by atoms with Crippen LogP contribution < -0.4 is 14.8 Å². The SMILES string of the molecule is COc1ccc(S(=O)(=O)NC(=O)Nc2c(C(C)C)cccc2C(C)C)cc1C(C)=O. The van der Waals surface area contributed by atoms with Gasteiger partial charge in [0.05, 0.1) is 17.6 Å². The minimum atomic E-state index is -4.20. The van der Waals surface area contributed by atoms with E-state index in [1.54, 1.807) is 0 Å². The molecule has 0 bridgehead atoms. The summed E-state index contributed by atoms with van der Waals surface area (Å²) in [6.45, 7) is 9.31. The Morgan fingerprint density at radius 2 is 1.53 bits per heavy atom. The fraction of sp³-hybridized carbons (Fsp3) is 0.364. The summed E-state index contributed by atoms with van der Waals surface area (Å²) in [5.41, 5.74) is 2.55. The summed E-state index contributed by atoms with van der Waals surface area (Å²) in [6, 6.07) is 8.72. The summed E-state index contributed by atoms with van der Waals surface area (Å²) in [6.07, 6.45) is 0. The molecule has 0 saturated carbocycles. The molecule has 0 aliphatic heterocycles. The minimum Gasteiger partial charge on any atom is -0.496 e. The summed E-state index contributed by atoms with van der Waals surface area (Å²) in [5.74, 6) is 0.185. The van der Waals surface area contributed by atoms with E-state index < -0.39 is 16.1 Å². The average Bonchev–Trinajstić information content (AvgIpc) is 2.66. The van der Waals surface area contributed by atoms with Crippen molar-refractivity contribution in [3.8, 4) is 5.75 Å². The minimum absolute atomic E-state index is 0.119. The van der Waals surface area contributed by atoms with Crippen molar-refractivity contribution in [2.45, 2.75) is 51.3 Å². The van der Waals surface area contributed by atoms with E-state index in [1.165, 1.54) is 32.2 Å². The molecule has 0 aliphatic rings. The molecule has 2 rings (SSSR count). The molecule has 2 N–H and O–H groups in total. The largest absolute Gasteiger partial charge is 0.496 e. The first kappa shape index (κ1) is 23.4. The third-order valence-corrected chi connectivity index (χ3v) is 6.03. The van der Waals surface area contributed by atoms with E-state index in [9.17, 15) is 18.0 Å². The number of anilines is 1. The molecule has 0 radical (unpaired) electrons. The highest BCUT2D eigenvalue weighted by molar-refractivity contribution is 7.90. The summed E-state index contributed by atoms with van der Waals surface area (Å²) in [5, 5.41) is 2.71. The molecular formula is C22H28N2O5S. The zero-order valence-corrected chi connectivity index (χ0v) is 18.9. The first-order valence-electron chi connectivity index (χ1n) is 9.63. The quantitative estimate of drug-likeness (QED) is 0.620. The maximum atomic E-state index is 12.7. The van der Waals surface area contributed by atoms with Crippen molar-refractivity contribution >= 4 is 27.5 Å². The van der Waals surface area contributed by atoms with Gasteiger partial charge in [0.2, 0.25) is 0 Å². The number of carbonyl (C=O) groups is 2. The Labute approximate surface area is 177 Å². The maximum Gasteiger partial charge on any atom is 0.333 e. The number of methoxy groups -OCH3 is 1. The number of ether oxygens (including phenoxy) is 1. The van der Waals surface area contributed by atoms with Crippen LogP contribution in [0.3, 0.4) is 0 Å². The molecular weight excluding hydrogens is 404 g/mol. The summed E-state index contributed by atoms with van der Waals surface area (Å²) in [4.78, 5) is 24.2. The van der Waals surface area contributed by atoms with Gasteiger partial charge in [-0.15, -0.1) is 0 Å². The number of sulfonamides is 1. The highest BCUT2D eigenvalue weighted by Gasteiger charge is 2.22. The van der Waals surface area contributed by atoms with Gasteiger partial charge in [-0.25, -0.2) is 17.9 Å². The number of para-hydroxylation sites is 1. The van der Waals surface area contributed by atoms with Crippen molar-refractivity contribution in [3.05, 3.63) is 53.1 Å². The molecule has 2 aromatic rings. The van der Waals surface area contributed by atoms with Gasteiger partial charge in [0, 0.05) is 5.69 Å². The Morgan fingerprint density at radius 3 is 2.00 bits per heavy atom. The van der Waals surface area contributed by atoms with Gasteiger partial charge in [-0.05, 0) is 48.1 Å². The number of benzene rings is 2. The summed E-state index contributed by atoms with van der Waals surface area (Å²) in [7, 11) is -2.81. The molecule has 0 unspecified atom stereocenters. The van der Waals surface area contributed by atoms with Gasteiger partial charge in [-0.3, -0.25) is 4.79 Å². The van der Waals surface area contributed by atoms with Crippen molar-refractivity contribution in [2.75, 3.05) is 12.4 Å². The van der Waals surface area contributed by atoms with E-state index in [0.717, 1.165) is 11.1 Å². The third-order valence-electron chi connectivity index (χ3n) is 4.70. The molecule has 8 heteroatoms. The van der Waals surface area contributed by atoms with Crippen LogP contribution in [0.4, 0.5) is 10.5 Å². The first-order valence-corrected chi connectivity index (χ1v) is 11.1. The van der Waals surface area contributed by atoms with Crippen LogP contribution in [0.5, 0.6) is 5.75 Å². The lowest BCUT2D eigenvalue weighted by Crippen LogP contribution is -2.35. The Morgan fingerprint density at radius 1 is 0.967 bits per heavy atom. The van der Waals surface area contributed by atoms with E-state index in [0.29, 0.717) is 5.69 Å². The van der Waals surface area contributed by atoms with Gasteiger partial charge in [0.1, 0.15) is 5.75 Å². The van der Waals surface area contributed by atoms with Gasteiger partial charge in [-0.1, -0.05) is 45.9 Å². The highest BCUT2D eigenvalue weighted by Crippen LogP contribution is 2.32. The van der Waals surface area contributed by atoms with E-state index in [4.69, 9.17) is 4.74 Å². The van der Waals surface area contributed by atoms with Crippen LogP contribution in [0, 0.1) is 0 Å². The fourth-order valence-electron chi connectivity index (χ4n) is 3.14. The van der Waals surface area contributed by atoms with Crippen molar-refractivity contribution in [1.82, 2.24) is 4.72 Å². The smallest absolute Gasteiger partial charge is 0.333 e. The topological polar surface area (TPSA) is 102 Å². The second-order valence-electron chi connectivity index (χ2n) is 7.60. The predicted octanol–water partition coefficient (Wildman–Crippen LogP) is 4.66. The summed E-state index contributed by atoms with van der Waals surface area (Å²) < 4.78 is 32.6. The van der Waals surface area contributed by atoms with Gasteiger partial charge in [0.15, 0.2) is 5.78 Å². The standard InChI is InChI=1S/C22H28N2O5S/c1-13(2)17-8-7-9-18(14(3)4)21(17)23-22(26)24-30(27,28)16-10-11-20(29-6)19(12-16)15(5)25/h7-14H,1-6H3,(H2,23,24,26). The second-order valence-corrected chi connectivity index (χ2v) is 9.28. The number of carbonyl (C=O) groups excluding carboxylic acids is 2. The molecule has 2 aromatic carbocycles. The highest BCUT2D eigenvalue weighted by atomic mass is 32.2. The van der Waals surface area contributed by atoms with Crippen molar-refractivity contribution in [2.24, 2.45) is 0 Å². The molecule has 0 atom stereocenters. The van der Waals surface area contributed by atoms with Crippen LogP contribution in [-0.2, 0) is 10.0 Å². The number of urea groups is 1. The lowest BCUT2D eigenvalue weighted by molar-refractivity contribution is 0.101. The monoisotopic (exact) mass is 432 g/mol. The molecule has 0 spiro atoms. The number of rotatable bonds is 7. The normalized spacial score (nSPS) is 11.5.